The van der Waals surface area contributed by atoms with Gasteiger partial charge in [-0.3, -0.25) is 14.6 Å². The topological polar surface area (TPSA) is 83.4 Å². The summed E-state index contributed by atoms with van der Waals surface area (Å²) < 4.78 is 21.4. The number of allylic oxidation sites excluding steroid dienone is 2. The summed E-state index contributed by atoms with van der Waals surface area (Å²) in [5, 5.41) is 0. The zero-order valence-corrected chi connectivity index (χ0v) is 20.6. The third kappa shape index (κ3) is 5.00. The minimum atomic E-state index is -0.719. The maximum Gasteiger partial charge on any atom is 0.315 e. The molecule has 7 heteroatoms. The number of para-hydroxylation sites is 1. The Morgan fingerprint density at radius 1 is 0.971 bits per heavy atom. The zero-order chi connectivity index (χ0) is 24.9. The maximum absolute atomic E-state index is 13.7. The SMILES string of the molecule is COCCOC(=O)C1C(C)=NC2=C(C(=O)C[C@@H](c3ccc(OC)cc3)C2)[C@H]1c1ccccc1OC. The van der Waals surface area contributed by atoms with Crippen molar-refractivity contribution in [3.63, 3.8) is 0 Å². The molecule has 0 N–H and O–H groups in total. The van der Waals surface area contributed by atoms with Gasteiger partial charge in [-0.2, -0.15) is 0 Å². The van der Waals surface area contributed by atoms with Gasteiger partial charge in [0.25, 0.3) is 0 Å². The second-order valence-electron chi connectivity index (χ2n) is 8.77. The molecule has 0 bridgehead atoms. The van der Waals surface area contributed by atoms with E-state index in [1.807, 2.05) is 55.5 Å². The minimum Gasteiger partial charge on any atom is -0.497 e. The number of rotatable bonds is 8. The highest BCUT2D eigenvalue weighted by atomic mass is 16.6. The molecule has 2 aliphatic rings. The van der Waals surface area contributed by atoms with Gasteiger partial charge in [0.2, 0.25) is 0 Å². The van der Waals surface area contributed by atoms with Crippen molar-refractivity contribution in [2.45, 2.75) is 31.6 Å². The Labute approximate surface area is 205 Å². The van der Waals surface area contributed by atoms with Gasteiger partial charge in [-0.05, 0) is 43.0 Å². The number of ketones is 1. The molecule has 0 aromatic heterocycles. The quantitative estimate of drug-likeness (QED) is 0.412. The van der Waals surface area contributed by atoms with E-state index in [4.69, 9.17) is 23.9 Å². The normalized spacial score (nSPS) is 21.8. The van der Waals surface area contributed by atoms with Crippen LogP contribution < -0.4 is 9.47 Å². The van der Waals surface area contributed by atoms with E-state index in [0.717, 1.165) is 22.6 Å². The lowest BCUT2D eigenvalue weighted by molar-refractivity contribution is -0.147. The van der Waals surface area contributed by atoms with Crippen LogP contribution in [0.25, 0.3) is 0 Å². The second kappa shape index (κ2) is 10.9. The van der Waals surface area contributed by atoms with E-state index in [0.29, 0.717) is 36.5 Å². The number of ether oxygens (including phenoxy) is 4. The Balaban J connectivity index is 1.76. The minimum absolute atomic E-state index is 0.00563. The van der Waals surface area contributed by atoms with Gasteiger partial charge in [0.1, 0.15) is 24.0 Å². The van der Waals surface area contributed by atoms with Crippen molar-refractivity contribution in [3.8, 4) is 11.5 Å². The number of aliphatic imine (C=N–C) groups is 1. The van der Waals surface area contributed by atoms with E-state index in [1.54, 1.807) is 21.3 Å². The van der Waals surface area contributed by atoms with Crippen LogP contribution in [0, 0.1) is 5.92 Å². The summed E-state index contributed by atoms with van der Waals surface area (Å²) in [7, 11) is 4.77. The van der Waals surface area contributed by atoms with Crippen molar-refractivity contribution in [2.75, 3.05) is 34.5 Å². The van der Waals surface area contributed by atoms with Crippen LogP contribution in [-0.4, -0.2) is 52.0 Å². The van der Waals surface area contributed by atoms with Crippen LogP contribution in [-0.2, 0) is 19.1 Å². The Bertz CT molecular complexity index is 1150. The average Bonchev–Trinajstić information content (AvgIpc) is 2.87. The van der Waals surface area contributed by atoms with Crippen LogP contribution in [0.1, 0.15) is 42.7 Å². The summed E-state index contributed by atoms with van der Waals surface area (Å²) in [6, 6.07) is 15.3. The molecular weight excluding hydrogens is 446 g/mol. The van der Waals surface area contributed by atoms with Gasteiger partial charge in [-0.15, -0.1) is 0 Å². The molecule has 1 aliphatic carbocycles. The number of hydrogen-bond acceptors (Lipinski definition) is 7. The predicted octanol–water partition coefficient (Wildman–Crippen LogP) is 4.47. The van der Waals surface area contributed by atoms with E-state index in [-0.39, 0.29) is 18.3 Å². The van der Waals surface area contributed by atoms with Gasteiger partial charge < -0.3 is 18.9 Å². The Morgan fingerprint density at radius 2 is 1.71 bits per heavy atom. The molecule has 0 saturated heterocycles. The largest absolute Gasteiger partial charge is 0.497 e. The molecule has 0 radical (unpaired) electrons. The number of hydrogen-bond donors (Lipinski definition) is 0. The van der Waals surface area contributed by atoms with E-state index in [9.17, 15) is 9.59 Å². The van der Waals surface area contributed by atoms with Gasteiger partial charge in [0.15, 0.2) is 5.78 Å². The molecular formula is C28H31NO6. The van der Waals surface area contributed by atoms with Crippen LogP contribution in [0.4, 0.5) is 0 Å². The number of methoxy groups -OCH3 is 3. The molecule has 35 heavy (non-hydrogen) atoms. The number of Topliss-reactive ketones (excluding diaryl/α,β-unsaturated/α-hetero) is 1. The van der Waals surface area contributed by atoms with Crippen LogP contribution in [0.2, 0.25) is 0 Å². The van der Waals surface area contributed by atoms with Crippen LogP contribution >= 0.6 is 0 Å². The standard InChI is InChI=1S/C28H31NO6/c1-17-25(28(31)35-14-13-32-2)26(21-7-5-6-8-24(21)34-4)27-22(29-17)15-19(16-23(27)30)18-9-11-20(33-3)12-10-18/h5-12,19,25-26H,13-16H2,1-4H3/t19-,25?,26-/m0/s1. The number of benzene rings is 2. The fourth-order valence-electron chi connectivity index (χ4n) is 5.05. The van der Waals surface area contributed by atoms with Gasteiger partial charge in [-0.25, -0.2) is 0 Å². The number of carbonyl (C=O) groups excluding carboxylic acids is 2. The lowest BCUT2D eigenvalue weighted by Crippen LogP contribution is -2.38. The summed E-state index contributed by atoms with van der Waals surface area (Å²) >= 11 is 0. The molecule has 7 nitrogen and oxygen atoms in total. The van der Waals surface area contributed by atoms with Crippen molar-refractivity contribution >= 4 is 17.5 Å². The fraction of sp³-hybridized carbons (Fsp3) is 0.393. The van der Waals surface area contributed by atoms with Crippen LogP contribution in [0.3, 0.4) is 0 Å². The Kier molecular flexibility index (Phi) is 7.66. The molecule has 0 fully saturated rings. The lowest BCUT2D eigenvalue weighted by Gasteiger charge is -2.37. The zero-order valence-electron chi connectivity index (χ0n) is 20.6. The summed E-state index contributed by atoms with van der Waals surface area (Å²) in [5.74, 6) is -0.273. The van der Waals surface area contributed by atoms with Gasteiger partial charge in [-0.1, -0.05) is 30.3 Å². The molecule has 4 rings (SSSR count). The monoisotopic (exact) mass is 477 g/mol. The number of carbonyl (C=O) groups is 2. The van der Waals surface area contributed by atoms with Crippen molar-refractivity contribution < 1.29 is 28.5 Å². The van der Waals surface area contributed by atoms with Gasteiger partial charge in [0.05, 0.1) is 20.8 Å². The maximum atomic E-state index is 13.7. The molecule has 184 valence electrons. The highest BCUT2D eigenvalue weighted by Crippen LogP contribution is 2.48. The van der Waals surface area contributed by atoms with Crippen molar-refractivity contribution in [1.29, 1.82) is 0 Å². The summed E-state index contributed by atoms with van der Waals surface area (Å²) in [6.07, 6.45) is 0.957. The van der Waals surface area contributed by atoms with Crippen LogP contribution in [0.15, 0.2) is 64.8 Å². The summed E-state index contributed by atoms with van der Waals surface area (Å²) in [5.41, 5.74) is 3.79. The molecule has 0 amide bonds. The average molecular weight is 478 g/mol. The first-order chi connectivity index (χ1) is 17.0. The fourth-order valence-corrected chi connectivity index (χ4v) is 5.05. The Morgan fingerprint density at radius 3 is 2.40 bits per heavy atom. The highest BCUT2D eigenvalue weighted by Gasteiger charge is 2.45. The Hall–Kier alpha value is -3.45. The summed E-state index contributed by atoms with van der Waals surface area (Å²) in [4.78, 5) is 31.7. The molecule has 0 spiro atoms. The van der Waals surface area contributed by atoms with E-state index < -0.39 is 17.8 Å². The molecule has 1 heterocycles. The van der Waals surface area contributed by atoms with Gasteiger partial charge >= 0.3 is 5.97 Å². The highest BCUT2D eigenvalue weighted by molar-refractivity contribution is 6.09. The van der Waals surface area contributed by atoms with Crippen LogP contribution in [0.5, 0.6) is 11.5 Å². The molecule has 2 aromatic rings. The van der Waals surface area contributed by atoms with Crippen molar-refractivity contribution in [1.82, 2.24) is 0 Å². The summed E-state index contributed by atoms with van der Waals surface area (Å²) in [6.45, 7) is 2.26. The number of nitrogens with zero attached hydrogens (tertiary/aromatic N) is 1. The lowest BCUT2D eigenvalue weighted by atomic mass is 9.69. The molecule has 2 aromatic carbocycles. The molecule has 3 atom stereocenters. The molecule has 1 aliphatic heterocycles. The first-order valence-corrected chi connectivity index (χ1v) is 11.7. The third-order valence-corrected chi connectivity index (χ3v) is 6.74. The molecule has 1 unspecified atom stereocenters. The molecule has 0 saturated carbocycles. The predicted molar refractivity (Wildman–Crippen MR) is 132 cm³/mol. The van der Waals surface area contributed by atoms with E-state index in [1.165, 1.54) is 0 Å². The second-order valence-corrected chi connectivity index (χ2v) is 8.77. The number of esters is 1. The first kappa shape index (κ1) is 24.7. The van der Waals surface area contributed by atoms with Crippen molar-refractivity contribution in [2.24, 2.45) is 10.9 Å². The smallest absolute Gasteiger partial charge is 0.315 e. The van der Waals surface area contributed by atoms with Gasteiger partial charge in [0, 0.05) is 42.0 Å². The van der Waals surface area contributed by atoms with E-state index >= 15 is 0 Å². The first-order valence-electron chi connectivity index (χ1n) is 11.7. The van der Waals surface area contributed by atoms with E-state index in [2.05, 4.69) is 0 Å². The third-order valence-electron chi connectivity index (χ3n) is 6.74. The van der Waals surface area contributed by atoms with Crippen molar-refractivity contribution in [3.05, 3.63) is 70.9 Å².